The minimum Gasteiger partial charge on any atom is -0.480 e. The second-order valence-corrected chi connectivity index (χ2v) is 6.92. The van der Waals surface area contributed by atoms with Gasteiger partial charge in [-0.2, -0.15) is 9.98 Å². The van der Waals surface area contributed by atoms with Crippen molar-refractivity contribution in [2.24, 2.45) is 5.92 Å². The van der Waals surface area contributed by atoms with Crippen LogP contribution in [0.3, 0.4) is 0 Å². The zero-order chi connectivity index (χ0) is 16.2. The molecule has 0 aliphatic heterocycles. The molecule has 0 saturated carbocycles. The van der Waals surface area contributed by atoms with E-state index in [1.165, 1.54) is 18.2 Å². The molecular weight excluding hydrogens is 292 g/mol. The highest BCUT2D eigenvalue weighted by Gasteiger charge is 2.27. The molecule has 0 unspecified atom stereocenters. The standard InChI is InChI=1S/C14H18N2O4S/c1-9(2)6-12(14(17)18)16-21(19,20)13-5-4-11(8-15)7-10(13)3/h4-5,7,9,12,16H,6H2,1-3H3,(H,17,18)/t12-/m0/s1. The predicted octanol–water partition coefficient (Wildman–Crippen LogP) is 1.64. The Bertz CT molecular complexity index is 675. The number of benzene rings is 1. The van der Waals surface area contributed by atoms with Gasteiger partial charge in [0.2, 0.25) is 10.0 Å². The van der Waals surface area contributed by atoms with E-state index in [2.05, 4.69) is 4.72 Å². The van der Waals surface area contributed by atoms with Gasteiger partial charge >= 0.3 is 5.97 Å². The lowest BCUT2D eigenvalue weighted by atomic mass is 10.1. The fraction of sp³-hybridized carbons (Fsp3) is 0.429. The van der Waals surface area contributed by atoms with E-state index in [1.54, 1.807) is 6.92 Å². The highest BCUT2D eigenvalue weighted by Crippen LogP contribution is 2.18. The lowest BCUT2D eigenvalue weighted by Crippen LogP contribution is -2.41. The molecule has 0 bridgehead atoms. The van der Waals surface area contributed by atoms with Gasteiger partial charge in [-0.3, -0.25) is 4.79 Å². The summed E-state index contributed by atoms with van der Waals surface area (Å²) in [6, 6.07) is 4.90. The largest absolute Gasteiger partial charge is 0.480 e. The molecule has 1 aromatic rings. The van der Waals surface area contributed by atoms with Gasteiger partial charge in [0, 0.05) is 0 Å². The van der Waals surface area contributed by atoms with E-state index in [0.717, 1.165) is 0 Å². The normalized spacial score (nSPS) is 12.9. The molecule has 1 aromatic carbocycles. The molecule has 7 heteroatoms. The van der Waals surface area contributed by atoms with E-state index in [-0.39, 0.29) is 17.2 Å². The number of carbonyl (C=O) groups is 1. The minimum absolute atomic E-state index is 0.0171. The van der Waals surface area contributed by atoms with E-state index >= 15 is 0 Å². The number of carboxylic acids is 1. The topological polar surface area (TPSA) is 107 Å². The Morgan fingerprint density at radius 2 is 2.05 bits per heavy atom. The Morgan fingerprint density at radius 1 is 1.43 bits per heavy atom. The summed E-state index contributed by atoms with van der Waals surface area (Å²) < 4.78 is 26.8. The van der Waals surface area contributed by atoms with Crippen LogP contribution in [0.2, 0.25) is 0 Å². The van der Waals surface area contributed by atoms with Crippen LogP contribution < -0.4 is 4.72 Å². The molecular formula is C14H18N2O4S. The number of aliphatic carboxylic acids is 1. The van der Waals surface area contributed by atoms with Crippen LogP contribution in [0.4, 0.5) is 0 Å². The van der Waals surface area contributed by atoms with Crippen LogP contribution >= 0.6 is 0 Å². The van der Waals surface area contributed by atoms with Crippen molar-refractivity contribution in [2.45, 2.75) is 38.1 Å². The van der Waals surface area contributed by atoms with Gasteiger partial charge in [-0.15, -0.1) is 0 Å². The number of aryl methyl sites for hydroxylation is 1. The molecule has 0 aromatic heterocycles. The van der Waals surface area contributed by atoms with Crippen molar-refractivity contribution in [2.75, 3.05) is 0 Å². The summed E-state index contributed by atoms with van der Waals surface area (Å²) in [6.07, 6.45) is 0.198. The van der Waals surface area contributed by atoms with E-state index in [4.69, 9.17) is 10.4 Å². The number of hydrogen-bond acceptors (Lipinski definition) is 4. The Morgan fingerprint density at radius 3 is 2.48 bits per heavy atom. The molecule has 0 fully saturated rings. The number of rotatable bonds is 6. The molecule has 114 valence electrons. The van der Waals surface area contributed by atoms with Crippen molar-refractivity contribution in [3.8, 4) is 6.07 Å². The molecule has 2 N–H and O–H groups in total. The Balaban J connectivity index is 3.11. The monoisotopic (exact) mass is 310 g/mol. The second-order valence-electron chi connectivity index (χ2n) is 5.23. The van der Waals surface area contributed by atoms with Crippen molar-refractivity contribution in [1.29, 1.82) is 5.26 Å². The predicted molar refractivity (Wildman–Crippen MR) is 77.1 cm³/mol. The zero-order valence-corrected chi connectivity index (χ0v) is 12.9. The summed E-state index contributed by atoms with van der Waals surface area (Å²) in [7, 11) is -3.95. The van der Waals surface area contributed by atoms with Gasteiger partial charge in [0.15, 0.2) is 0 Å². The number of nitrogens with one attached hydrogen (secondary N) is 1. The second kappa shape index (κ2) is 6.70. The van der Waals surface area contributed by atoms with Crippen LogP contribution in [0.5, 0.6) is 0 Å². The third kappa shape index (κ3) is 4.55. The van der Waals surface area contributed by atoms with E-state index < -0.39 is 22.0 Å². The molecule has 21 heavy (non-hydrogen) atoms. The Kier molecular flexibility index (Phi) is 5.47. The summed E-state index contributed by atoms with van der Waals surface area (Å²) in [5.74, 6) is -1.17. The van der Waals surface area contributed by atoms with E-state index in [1.807, 2.05) is 19.9 Å². The zero-order valence-electron chi connectivity index (χ0n) is 12.1. The maximum absolute atomic E-state index is 12.3. The average molecular weight is 310 g/mol. The number of nitrogens with zero attached hydrogens (tertiary/aromatic N) is 1. The van der Waals surface area contributed by atoms with Gasteiger partial charge in [-0.25, -0.2) is 8.42 Å². The summed E-state index contributed by atoms with van der Waals surface area (Å²) in [5, 5.41) is 17.9. The summed E-state index contributed by atoms with van der Waals surface area (Å²) in [4.78, 5) is 11.1. The lowest BCUT2D eigenvalue weighted by Gasteiger charge is -2.17. The third-order valence-electron chi connectivity index (χ3n) is 2.90. The van der Waals surface area contributed by atoms with Crippen LogP contribution in [0, 0.1) is 24.2 Å². The van der Waals surface area contributed by atoms with E-state index in [0.29, 0.717) is 11.1 Å². The maximum Gasteiger partial charge on any atom is 0.321 e. The summed E-state index contributed by atoms with van der Waals surface area (Å²) in [5.41, 5.74) is 0.749. The van der Waals surface area contributed by atoms with Crippen LogP contribution in [-0.2, 0) is 14.8 Å². The molecule has 0 saturated heterocycles. The van der Waals surface area contributed by atoms with Gasteiger partial charge in [0.25, 0.3) is 0 Å². The van der Waals surface area contributed by atoms with Crippen molar-refractivity contribution in [1.82, 2.24) is 4.72 Å². The molecule has 0 radical (unpaired) electrons. The van der Waals surface area contributed by atoms with Gasteiger partial charge in [-0.1, -0.05) is 13.8 Å². The van der Waals surface area contributed by atoms with Gasteiger partial charge < -0.3 is 5.11 Å². The van der Waals surface area contributed by atoms with Crippen LogP contribution in [-0.4, -0.2) is 25.5 Å². The first-order valence-electron chi connectivity index (χ1n) is 6.43. The van der Waals surface area contributed by atoms with E-state index in [9.17, 15) is 13.2 Å². The molecule has 0 spiro atoms. The molecule has 0 aliphatic carbocycles. The van der Waals surface area contributed by atoms with Gasteiger partial charge in [0.1, 0.15) is 6.04 Å². The fourth-order valence-corrected chi connectivity index (χ4v) is 3.37. The molecule has 6 nitrogen and oxygen atoms in total. The van der Waals surface area contributed by atoms with Crippen LogP contribution in [0.15, 0.2) is 23.1 Å². The number of nitriles is 1. The van der Waals surface area contributed by atoms with Crippen molar-refractivity contribution >= 4 is 16.0 Å². The highest BCUT2D eigenvalue weighted by atomic mass is 32.2. The first-order valence-corrected chi connectivity index (χ1v) is 7.91. The first kappa shape index (κ1) is 17.1. The molecule has 1 atom stereocenters. The summed E-state index contributed by atoms with van der Waals surface area (Å²) in [6.45, 7) is 5.20. The van der Waals surface area contributed by atoms with Gasteiger partial charge in [-0.05, 0) is 43.0 Å². The first-order chi connectivity index (χ1) is 9.67. The van der Waals surface area contributed by atoms with Crippen LogP contribution in [0.25, 0.3) is 0 Å². The average Bonchev–Trinajstić information content (AvgIpc) is 2.36. The maximum atomic E-state index is 12.3. The smallest absolute Gasteiger partial charge is 0.321 e. The van der Waals surface area contributed by atoms with Crippen LogP contribution in [0.1, 0.15) is 31.4 Å². The van der Waals surface area contributed by atoms with Crippen molar-refractivity contribution in [3.63, 3.8) is 0 Å². The molecule has 0 heterocycles. The SMILES string of the molecule is Cc1cc(C#N)ccc1S(=O)(=O)N[C@@H](CC(C)C)C(=O)O. The quantitative estimate of drug-likeness (QED) is 0.830. The molecule has 1 rings (SSSR count). The third-order valence-corrected chi connectivity index (χ3v) is 4.53. The minimum atomic E-state index is -3.95. The van der Waals surface area contributed by atoms with Gasteiger partial charge in [0.05, 0.1) is 16.5 Å². The fourth-order valence-electron chi connectivity index (χ4n) is 1.94. The van der Waals surface area contributed by atoms with Crippen molar-refractivity contribution in [3.05, 3.63) is 29.3 Å². The lowest BCUT2D eigenvalue weighted by molar-refractivity contribution is -0.139. The summed E-state index contributed by atoms with van der Waals surface area (Å²) >= 11 is 0. The number of hydrogen-bond donors (Lipinski definition) is 2. The molecule has 0 aliphatic rings. The molecule has 0 amide bonds. The number of carboxylic acid groups (broad SMARTS) is 1. The number of sulfonamides is 1. The Hall–Kier alpha value is -1.91. The Labute approximate surface area is 124 Å². The van der Waals surface area contributed by atoms with Crippen molar-refractivity contribution < 1.29 is 18.3 Å². The highest BCUT2D eigenvalue weighted by molar-refractivity contribution is 7.89.